The fourth-order valence-electron chi connectivity index (χ4n) is 0.432. The molecular formula is C6H11NO3. The first kappa shape index (κ1) is 9.10. The van der Waals surface area contributed by atoms with E-state index in [1.807, 2.05) is 0 Å². The number of aliphatic carboxylic acids is 1. The van der Waals surface area contributed by atoms with Crippen LogP contribution < -0.4 is 0 Å². The molecule has 0 radical (unpaired) electrons. The Morgan fingerprint density at radius 1 is 1.40 bits per heavy atom. The fraction of sp³-hybridized carbons (Fsp3) is 0.667. The van der Waals surface area contributed by atoms with Crippen molar-refractivity contribution >= 4 is 11.8 Å². The van der Waals surface area contributed by atoms with Crippen LogP contribution in [0.2, 0.25) is 0 Å². The number of ketones is 1. The minimum Gasteiger partial charge on any atom is -0.476 e. The molecule has 0 aromatic rings. The molecule has 0 bridgehead atoms. The van der Waals surface area contributed by atoms with Crippen molar-refractivity contribution in [1.29, 1.82) is 0 Å². The smallest absolute Gasteiger partial charge is 0.372 e. The molecule has 0 fully saturated rings. The van der Waals surface area contributed by atoms with Crippen molar-refractivity contribution in [3.8, 4) is 0 Å². The molecule has 0 aromatic heterocycles. The third kappa shape index (κ3) is 4.03. The molecule has 0 aliphatic rings. The Labute approximate surface area is 59.4 Å². The van der Waals surface area contributed by atoms with Crippen LogP contribution in [0.5, 0.6) is 0 Å². The summed E-state index contributed by atoms with van der Waals surface area (Å²) in [6.07, 6.45) is 0.0856. The first-order valence-corrected chi connectivity index (χ1v) is 2.95. The fourth-order valence-corrected chi connectivity index (χ4v) is 0.432. The number of carboxylic acid groups (broad SMARTS) is 1. The summed E-state index contributed by atoms with van der Waals surface area (Å²) in [5.74, 6) is -2.07. The minimum atomic E-state index is -1.35. The van der Waals surface area contributed by atoms with E-state index in [0.717, 1.165) is 0 Å². The van der Waals surface area contributed by atoms with Crippen molar-refractivity contribution in [2.75, 3.05) is 20.6 Å². The largest absolute Gasteiger partial charge is 0.476 e. The molecule has 58 valence electrons. The van der Waals surface area contributed by atoms with Gasteiger partial charge in [0.05, 0.1) is 0 Å². The van der Waals surface area contributed by atoms with E-state index in [2.05, 4.69) is 0 Å². The molecule has 0 atom stereocenters. The van der Waals surface area contributed by atoms with E-state index in [4.69, 9.17) is 5.11 Å². The first-order chi connectivity index (χ1) is 4.54. The Kier molecular flexibility index (Phi) is 3.64. The van der Waals surface area contributed by atoms with E-state index in [1.54, 1.807) is 19.0 Å². The van der Waals surface area contributed by atoms with Gasteiger partial charge < -0.3 is 10.0 Å². The van der Waals surface area contributed by atoms with Gasteiger partial charge in [0.1, 0.15) is 0 Å². The summed E-state index contributed by atoms with van der Waals surface area (Å²) in [7, 11) is 3.57. The third-order valence-corrected chi connectivity index (χ3v) is 1.02. The molecule has 0 aliphatic carbocycles. The molecule has 0 saturated carbocycles. The monoisotopic (exact) mass is 145 g/mol. The highest BCUT2D eigenvalue weighted by molar-refractivity contribution is 6.32. The summed E-state index contributed by atoms with van der Waals surface area (Å²) in [4.78, 5) is 22.1. The number of carbonyl (C=O) groups excluding carboxylic acids is 1. The number of Topliss-reactive ketones (excluding diaryl/α,β-unsaturated/α-hetero) is 1. The standard InChI is InChI=1S/C6H11NO3/c1-7(2)4-3-5(8)6(9)10/h3-4H2,1-2H3,(H,9,10). The molecule has 0 amide bonds. The van der Waals surface area contributed by atoms with Gasteiger partial charge in [-0.2, -0.15) is 0 Å². The van der Waals surface area contributed by atoms with E-state index in [0.29, 0.717) is 6.54 Å². The molecule has 4 heteroatoms. The topological polar surface area (TPSA) is 57.6 Å². The number of hydrogen-bond acceptors (Lipinski definition) is 3. The van der Waals surface area contributed by atoms with Crippen molar-refractivity contribution in [3.05, 3.63) is 0 Å². The zero-order valence-corrected chi connectivity index (χ0v) is 6.13. The molecule has 0 aromatic carbocycles. The maximum absolute atomic E-state index is 10.4. The van der Waals surface area contributed by atoms with Gasteiger partial charge in [0.2, 0.25) is 5.78 Å². The molecule has 0 spiro atoms. The molecule has 0 heterocycles. The van der Waals surface area contributed by atoms with Crippen LogP contribution >= 0.6 is 0 Å². The van der Waals surface area contributed by atoms with Crippen LogP contribution in [0, 0.1) is 0 Å². The normalized spacial score (nSPS) is 9.90. The van der Waals surface area contributed by atoms with Crippen molar-refractivity contribution in [2.45, 2.75) is 6.42 Å². The highest BCUT2D eigenvalue weighted by Gasteiger charge is 2.10. The first-order valence-electron chi connectivity index (χ1n) is 2.95. The summed E-state index contributed by atoms with van der Waals surface area (Å²) in [6, 6.07) is 0. The Hall–Kier alpha value is -0.900. The second-order valence-corrected chi connectivity index (χ2v) is 2.28. The SMILES string of the molecule is CN(C)CCC(=O)C(=O)O. The van der Waals surface area contributed by atoms with Crippen LogP contribution in [0.15, 0.2) is 0 Å². The van der Waals surface area contributed by atoms with Gasteiger partial charge in [-0.25, -0.2) is 4.79 Å². The summed E-state index contributed by atoms with van der Waals surface area (Å²) in [5, 5.41) is 8.13. The van der Waals surface area contributed by atoms with E-state index >= 15 is 0 Å². The van der Waals surface area contributed by atoms with Crippen LogP contribution in [0.25, 0.3) is 0 Å². The van der Waals surface area contributed by atoms with Crippen LogP contribution in [0.3, 0.4) is 0 Å². The average Bonchev–Trinajstić information content (AvgIpc) is 1.82. The lowest BCUT2D eigenvalue weighted by molar-refractivity contribution is -0.149. The molecule has 0 unspecified atom stereocenters. The maximum atomic E-state index is 10.4. The zero-order valence-electron chi connectivity index (χ0n) is 6.13. The van der Waals surface area contributed by atoms with Gasteiger partial charge in [0.15, 0.2) is 0 Å². The van der Waals surface area contributed by atoms with Gasteiger partial charge in [-0.05, 0) is 14.1 Å². The van der Waals surface area contributed by atoms with Crippen LogP contribution in [0.1, 0.15) is 6.42 Å². The third-order valence-electron chi connectivity index (χ3n) is 1.02. The number of rotatable bonds is 4. The molecule has 0 saturated heterocycles. The number of carbonyl (C=O) groups is 2. The van der Waals surface area contributed by atoms with E-state index < -0.39 is 11.8 Å². The van der Waals surface area contributed by atoms with Gasteiger partial charge in [0.25, 0.3) is 0 Å². The second kappa shape index (κ2) is 4.00. The number of hydrogen-bond donors (Lipinski definition) is 1. The Morgan fingerprint density at radius 3 is 2.20 bits per heavy atom. The highest BCUT2D eigenvalue weighted by Crippen LogP contribution is 1.85. The predicted octanol–water partition coefficient (Wildman–Crippen LogP) is -0.408. The van der Waals surface area contributed by atoms with Gasteiger partial charge in [-0.15, -0.1) is 0 Å². The molecular weight excluding hydrogens is 134 g/mol. The van der Waals surface area contributed by atoms with Crippen molar-refractivity contribution in [3.63, 3.8) is 0 Å². The van der Waals surface area contributed by atoms with E-state index in [9.17, 15) is 9.59 Å². The summed E-state index contributed by atoms with van der Waals surface area (Å²) in [6.45, 7) is 0.491. The number of carboxylic acids is 1. The second-order valence-electron chi connectivity index (χ2n) is 2.28. The highest BCUT2D eigenvalue weighted by atomic mass is 16.4. The maximum Gasteiger partial charge on any atom is 0.372 e. The number of nitrogens with zero attached hydrogens (tertiary/aromatic N) is 1. The molecule has 10 heavy (non-hydrogen) atoms. The lowest BCUT2D eigenvalue weighted by Gasteiger charge is -2.05. The molecule has 0 rings (SSSR count). The summed E-state index contributed by atoms with van der Waals surface area (Å²) < 4.78 is 0. The molecule has 0 aliphatic heterocycles. The van der Waals surface area contributed by atoms with E-state index in [1.165, 1.54) is 0 Å². The Morgan fingerprint density at radius 2 is 1.90 bits per heavy atom. The van der Waals surface area contributed by atoms with Gasteiger partial charge in [0, 0.05) is 13.0 Å². The van der Waals surface area contributed by atoms with Crippen LogP contribution in [-0.2, 0) is 9.59 Å². The summed E-state index contributed by atoms with van der Waals surface area (Å²) >= 11 is 0. The molecule has 1 N–H and O–H groups in total. The lowest BCUT2D eigenvalue weighted by atomic mass is 10.3. The van der Waals surface area contributed by atoms with Gasteiger partial charge in [-0.3, -0.25) is 4.79 Å². The van der Waals surface area contributed by atoms with Crippen molar-refractivity contribution in [1.82, 2.24) is 4.90 Å². The predicted molar refractivity (Wildman–Crippen MR) is 35.8 cm³/mol. The minimum absolute atomic E-state index is 0.0856. The molecule has 4 nitrogen and oxygen atoms in total. The lowest BCUT2D eigenvalue weighted by Crippen LogP contribution is -2.21. The summed E-state index contributed by atoms with van der Waals surface area (Å²) in [5.41, 5.74) is 0. The van der Waals surface area contributed by atoms with Crippen molar-refractivity contribution < 1.29 is 14.7 Å². The van der Waals surface area contributed by atoms with Crippen LogP contribution in [0.4, 0.5) is 0 Å². The van der Waals surface area contributed by atoms with Crippen molar-refractivity contribution in [2.24, 2.45) is 0 Å². The van der Waals surface area contributed by atoms with E-state index in [-0.39, 0.29) is 6.42 Å². The average molecular weight is 145 g/mol. The zero-order chi connectivity index (χ0) is 8.15. The van der Waals surface area contributed by atoms with Gasteiger partial charge in [-0.1, -0.05) is 0 Å². The van der Waals surface area contributed by atoms with Crippen LogP contribution in [-0.4, -0.2) is 42.4 Å². The van der Waals surface area contributed by atoms with Gasteiger partial charge >= 0.3 is 5.97 Å². The Balaban J connectivity index is 3.50. The Bertz CT molecular complexity index is 142. The quantitative estimate of drug-likeness (QED) is 0.546.